The highest BCUT2D eigenvalue weighted by Crippen LogP contribution is 2.07. The molecule has 0 rings (SSSR count). The summed E-state index contributed by atoms with van der Waals surface area (Å²) in [6.07, 6.45) is 9.12. The Morgan fingerprint density at radius 2 is 1.94 bits per heavy atom. The monoisotopic (exact) mass is 243 g/mol. The second-order valence-electron chi connectivity index (χ2n) is 4.63. The van der Waals surface area contributed by atoms with Crippen molar-refractivity contribution in [1.82, 2.24) is 5.32 Å². The van der Waals surface area contributed by atoms with Crippen LogP contribution in [0.15, 0.2) is 5.16 Å². The summed E-state index contributed by atoms with van der Waals surface area (Å²) in [6.45, 7) is 5.51. The number of oxime groups is 1. The molecule has 4 heteroatoms. The molecule has 102 valence electrons. The van der Waals surface area contributed by atoms with Gasteiger partial charge in [0, 0.05) is 12.5 Å². The molecule has 0 heterocycles. The Balaban J connectivity index is 3.53. The molecule has 0 aromatic carbocycles. The van der Waals surface area contributed by atoms with Crippen molar-refractivity contribution < 1.29 is 5.21 Å². The molecule has 1 unspecified atom stereocenters. The second-order valence-corrected chi connectivity index (χ2v) is 4.63. The van der Waals surface area contributed by atoms with E-state index < -0.39 is 0 Å². The molecule has 0 bridgehead atoms. The standard InChI is InChI=1S/C13H29N3O/c1-3-5-9-12(8-4-2)15-11-7-6-10-13(14)16-17/h12,15,17H,3-11H2,1-2H3,(H2,14,16). The molecule has 0 aromatic heterocycles. The van der Waals surface area contributed by atoms with Crippen molar-refractivity contribution in [2.45, 2.75) is 71.3 Å². The zero-order valence-electron chi connectivity index (χ0n) is 11.4. The largest absolute Gasteiger partial charge is 0.409 e. The third kappa shape index (κ3) is 10.1. The van der Waals surface area contributed by atoms with Gasteiger partial charge in [-0.3, -0.25) is 0 Å². The maximum absolute atomic E-state index is 8.39. The topological polar surface area (TPSA) is 70.6 Å². The smallest absolute Gasteiger partial charge is 0.139 e. The lowest BCUT2D eigenvalue weighted by atomic mass is 10.0. The van der Waals surface area contributed by atoms with E-state index in [-0.39, 0.29) is 0 Å². The maximum Gasteiger partial charge on any atom is 0.139 e. The van der Waals surface area contributed by atoms with Crippen molar-refractivity contribution in [2.75, 3.05) is 6.54 Å². The van der Waals surface area contributed by atoms with E-state index in [0.717, 1.165) is 19.4 Å². The lowest BCUT2D eigenvalue weighted by Crippen LogP contribution is -2.30. The SMILES string of the molecule is CCCCC(CCC)NCCCCC(N)=NO. The van der Waals surface area contributed by atoms with E-state index in [1.54, 1.807) is 0 Å². The number of amidine groups is 1. The van der Waals surface area contributed by atoms with Crippen molar-refractivity contribution in [1.29, 1.82) is 0 Å². The number of hydrogen-bond acceptors (Lipinski definition) is 3. The Bertz CT molecular complexity index is 195. The first kappa shape index (κ1) is 16.2. The molecule has 1 atom stereocenters. The van der Waals surface area contributed by atoms with Crippen LogP contribution in [0.25, 0.3) is 0 Å². The molecule has 17 heavy (non-hydrogen) atoms. The molecular weight excluding hydrogens is 214 g/mol. The van der Waals surface area contributed by atoms with Gasteiger partial charge in [-0.25, -0.2) is 0 Å². The molecule has 0 aliphatic heterocycles. The number of nitrogens with two attached hydrogens (primary N) is 1. The number of nitrogens with zero attached hydrogens (tertiary/aromatic N) is 1. The van der Waals surface area contributed by atoms with Gasteiger partial charge in [-0.1, -0.05) is 38.3 Å². The number of rotatable bonds is 11. The van der Waals surface area contributed by atoms with Gasteiger partial charge in [0.2, 0.25) is 0 Å². The van der Waals surface area contributed by atoms with Gasteiger partial charge in [-0.2, -0.15) is 0 Å². The fourth-order valence-corrected chi connectivity index (χ4v) is 1.93. The van der Waals surface area contributed by atoms with E-state index in [1.165, 1.54) is 32.1 Å². The minimum Gasteiger partial charge on any atom is -0.409 e. The predicted octanol–water partition coefficient (Wildman–Crippen LogP) is 2.85. The minimum atomic E-state index is 0.334. The number of nitrogens with one attached hydrogen (secondary N) is 1. The van der Waals surface area contributed by atoms with Crippen LogP contribution in [-0.4, -0.2) is 23.6 Å². The average Bonchev–Trinajstić information content (AvgIpc) is 2.34. The predicted molar refractivity (Wildman–Crippen MR) is 73.5 cm³/mol. The van der Waals surface area contributed by atoms with Crippen molar-refractivity contribution in [3.63, 3.8) is 0 Å². The van der Waals surface area contributed by atoms with Crippen LogP contribution in [-0.2, 0) is 0 Å². The van der Waals surface area contributed by atoms with E-state index in [9.17, 15) is 0 Å². The first-order valence-electron chi connectivity index (χ1n) is 6.94. The highest BCUT2D eigenvalue weighted by molar-refractivity contribution is 5.79. The van der Waals surface area contributed by atoms with E-state index in [4.69, 9.17) is 10.9 Å². The van der Waals surface area contributed by atoms with Crippen LogP contribution >= 0.6 is 0 Å². The first-order chi connectivity index (χ1) is 8.24. The van der Waals surface area contributed by atoms with Gasteiger partial charge >= 0.3 is 0 Å². The summed E-state index contributed by atoms with van der Waals surface area (Å²) >= 11 is 0. The summed E-state index contributed by atoms with van der Waals surface area (Å²) in [6, 6.07) is 0.670. The summed E-state index contributed by atoms with van der Waals surface area (Å²) < 4.78 is 0. The lowest BCUT2D eigenvalue weighted by Gasteiger charge is -2.17. The molecule has 0 aromatic rings. The Labute approximate surface area is 106 Å². The third-order valence-electron chi connectivity index (χ3n) is 2.96. The van der Waals surface area contributed by atoms with Gasteiger partial charge in [0.05, 0.1) is 0 Å². The molecule has 4 nitrogen and oxygen atoms in total. The fourth-order valence-electron chi connectivity index (χ4n) is 1.93. The Hall–Kier alpha value is -0.770. The van der Waals surface area contributed by atoms with E-state index in [1.807, 2.05) is 0 Å². The summed E-state index contributed by atoms with van der Waals surface area (Å²) in [5.74, 6) is 0.334. The Kier molecular flexibility index (Phi) is 11.2. The highest BCUT2D eigenvalue weighted by Gasteiger charge is 2.05. The van der Waals surface area contributed by atoms with Gasteiger partial charge in [0.25, 0.3) is 0 Å². The molecule has 0 spiro atoms. The number of unbranched alkanes of at least 4 members (excludes halogenated alkanes) is 2. The van der Waals surface area contributed by atoms with Crippen LogP contribution in [0.4, 0.5) is 0 Å². The van der Waals surface area contributed by atoms with Gasteiger partial charge < -0.3 is 16.3 Å². The lowest BCUT2D eigenvalue weighted by molar-refractivity contribution is 0.316. The molecule has 0 saturated heterocycles. The van der Waals surface area contributed by atoms with E-state index in [2.05, 4.69) is 24.3 Å². The van der Waals surface area contributed by atoms with Gasteiger partial charge in [0.15, 0.2) is 0 Å². The van der Waals surface area contributed by atoms with Crippen molar-refractivity contribution >= 4 is 5.84 Å². The Morgan fingerprint density at radius 3 is 2.53 bits per heavy atom. The average molecular weight is 243 g/mol. The quantitative estimate of drug-likeness (QED) is 0.172. The van der Waals surface area contributed by atoms with Gasteiger partial charge in [-0.15, -0.1) is 0 Å². The van der Waals surface area contributed by atoms with E-state index >= 15 is 0 Å². The fraction of sp³-hybridized carbons (Fsp3) is 0.923. The van der Waals surface area contributed by atoms with Gasteiger partial charge in [-0.05, 0) is 32.2 Å². The van der Waals surface area contributed by atoms with Gasteiger partial charge in [0.1, 0.15) is 5.84 Å². The first-order valence-corrected chi connectivity index (χ1v) is 6.94. The Morgan fingerprint density at radius 1 is 1.18 bits per heavy atom. The third-order valence-corrected chi connectivity index (χ3v) is 2.96. The molecule has 0 fully saturated rings. The zero-order chi connectivity index (χ0) is 12.9. The zero-order valence-corrected chi connectivity index (χ0v) is 11.4. The highest BCUT2D eigenvalue weighted by atomic mass is 16.4. The molecule has 0 radical (unpaired) electrons. The molecule has 0 amide bonds. The summed E-state index contributed by atoms with van der Waals surface area (Å²) in [5.41, 5.74) is 5.41. The van der Waals surface area contributed by atoms with Crippen LogP contribution < -0.4 is 11.1 Å². The normalized spacial score (nSPS) is 13.9. The number of hydrogen-bond donors (Lipinski definition) is 3. The van der Waals surface area contributed by atoms with E-state index in [0.29, 0.717) is 18.3 Å². The van der Waals surface area contributed by atoms with Crippen LogP contribution in [0.2, 0.25) is 0 Å². The molecule has 0 saturated carbocycles. The van der Waals surface area contributed by atoms with Crippen LogP contribution in [0.5, 0.6) is 0 Å². The second kappa shape index (κ2) is 11.7. The van der Waals surface area contributed by atoms with Crippen LogP contribution in [0.3, 0.4) is 0 Å². The van der Waals surface area contributed by atoms with Crippen molar-refractivity contribution in [3.05, 3.63) is 0 Å². The van der Waals surface area contributed by atoms with Crippen LogP contribution in [0, 0.1) is 0 Å². The van der Waals surface area contributed by atoms with Crippen LogP contribution in [0.1, 0.15) is 65.2 Å². The summed E-state index contributed by atoms with van der Waals surface area (Å²) in [5, 5.41) is 15.0. The summed E-state index contributed by atoms with van der Waals surface area (Å²) in [4.78, 5) is 0. The molecule has 4 N–H and O–H groups in total. The minimum absolute atomic E-state index is 0.334. The summed E-state index contributed by atoms with van der Waals surface area (Å²) in [7, 11) is 0. The van der Waals surface area contributed by atoms with Crippen molar-refractivity contribution in [2.24, 2.45) is 10.9 Å². The molecular formula is C13H29N3O. The van der Waals surface area contributed by atoms with Crippen molar-refractivity contribution in [3.8, 4) is 0 Å². The molecule has 0 aliphatic carbocycles. The maximum atomic E-state index is 8.39. The molecule has 0 aliphatic rings.